The summed E-state index contributed by atoms with van der Waals surface area (Å²) in [4.78, 5) is 13.1. The first-order chi connectivity index (χ1) is 15.5. The number of aliphatic hydroxyl groups is 5. The molecule has 33 heavy (non-hydrogen) atoms. The molecule has 0 aliphatic rings. The fourth-order valence-electron chi connectivity index (χ4n) is 3.08. The third-order valence-corrected chi connectivity index (χ3v) is 4.88. The van der Waals surface area contributed by atoms with Crippen molar-refractivity contribution >= 4 is 11.0 Å². The molecule has 1 aromatic heterocycles. The van der Waals surface area contributed by atoms with Crippen molar-refractivity contribution in [2.24, 2.45) is 0 Å². The Balaban J connectivity index is 2.08. The summed E-state index contributed by atoms with van der Waals surface area (Å²) in [7, 11) is 0. The number of hydrogen-bond acceptors (Lipinski definition) is 12. The lowest BCUT2D eigenvalue weighted by Gasteiger charge is -2.25. The van der Waals surface area contributed by atoms with Crippen LogP contribution in [0.25, 0.3) is 22.3 Å². The van der Waals surface area contributed by atoms with Gasteiger partial charge in [-0.3, -0.25) is 4.79 Å². The summed E-state index contributed by atoms with van der Waals surface area (Å²) in [5.41, 5.74) is -1.14. The van der Waals surface area contributed by atoms with E-state index in [1.807, 2.05) is 0 Å². The maximum atomic E-state index is 13.1. The molecule has 12 heteroatoms. The third kappa shape index (κ3) is 4.79. The predicted octanol–water partition coefficient (Wildman–Crippen LogP) is -0.903. The lowest BCUT2D eigenvalue weighted by atomic mass is 10.0. The minimum absolute atomic E-state index is 0.0351. The van der Waals surface area contributed by atoms with E-state index in [0.29, 0.717) is 0 Å². The third-order valence-electron chi connectivity index (χ3n) is 4.88. The zero-order chi connectivity index (χ0) is 24.4. The van der Waals surface area contributed by atoms with Crippen molar-refractivity contribution in [3.8, 4) is 40.1 Å². The van der Waals surface area contributed by atoms with E-state index in [1.165, 1.54) is 6.07 Å². The van der Waals surface area contributed by atoms with Gasteiger partial charge in [0.05, 0.1) is 6.61 Å². The molecule has 0 amide bonds. The first kappa shape index (κ1) is 24.1. The Morgan fingerprint density at radius 1 is 0.848 bits per heavy atom. The highest BCUT2D eigenvalue weighted by molar-refractivity contribution is 5.88. The molecule has 4 atom stereocenters. The number of hydrogen-bond donors (Lipinski definition) is 9. The van der Waals surface area contributed by atoms with Crippen molar-refractivity contribution in [1.29, 1.82) is 0 Å². The first-order valence-electron chi connectivity index (χ1n) is 9.56. The van der Waals surface area contributed by atoms with E-state index < -0.39 is 71.8 Å². The van der Waals surface area contributed by atoms with Gasteiger partial charge in [-0.1, -0.05) is 0 Å². The van der Waals surface area contributed by atoms with Crippen LogP contribution in [0.1, 0.15) is 0 Å². The van der Waals surface area contributed by atoms with E-state index in [1.54, 1.807) is 0 Å². The van der Waals surface area contributed by atoms with E-state index in [2.05, 4.69) is 0 Å². The van der Waals surface area contributed by atoms with Gasteiger partial charge in [0.25, 0.3) is 0 Å². The molecule has 3 unspecified atom stereocenters. The fourth-order valence-corrected chi connectivity index (χ4v) is 3.08. The molecule has 0 spiro atoms. The van der Waals surface area contributed by atoms with Crippen LogP contribution in [0.3, 0.4) is 0 Å². The van der Waals surface area contributed by atoms with Gasteiger partial charge in [-0.2, -0.15) is 0 Å². The Labute approximate surface area is 185 Å². The lowest BCUT2D eigenvalue weighted by Crippen LogP contribution is -2.47. The molecule has 0 aliphatic heterocycles. The molecule has 9 N–H and O–H groups in total. The van der Waals surface area contributed by atoms with Gasteiger partial charge in [-0.15, -0.1) is 0 Å². The summed E-state index contributed by atoms with van der Waals surface area (Å²) in [6.07, 6.45) is -7.49. The van der Waals surface area contributed by atoms with Crippen LogP contribution in [0.15, 0.2) is 39.5 Å². The molecule has 0 fully saturated rings. The molecular weight excluding hydrogens is 444 g/mol. The van der Waals surface area contributed by atoms with Crippen molar-refractivity contribution in [2.75, 3.05) is 13.2 Å². The van der Waals surface area contributed by atoms with Crippen LogP contribution in [0.2, 0.25) is 0 Å². The number of fused-ring (bicyclic) bond motifs is 1. The van der Waals surface area contributed by atoms with Gasteiger partial charge in [0.1, 0.15) is 53.5 Å². The van der Waals surface area contributed by atoms with E-state index in [9.17, 15) is 45.6 Å². The maximum Gasteiger partial charge on any atom is 0.239 e. The molecule has 0 saturated carbocycles. The second-order valence-corrected chi connectivity index (χ2v) is 7.24. The van der Waals surface area contributed by atoms with Crippen LogP contribution in [-0.2, 0) is 0 Å². The monoisotopic (exact) mass is 466 g/mol. The Bertz CT molecular complexity index is 1200. The molecule has 178 valence electrons. The molecule has 3 aromatic rings. The van der Waals surface area contributed by atoms with Gasteiger partial charge in [0.15, 0.2) is 17.3 Å². The van der Waals surface area contributed by atoms with Crippen molar-refractivity contribution in [3.63, 3.8) is 0 Å². The van der Waals surface area contributed by atoms with E-state index in [4.69, 9.17) is 14.3 Å². The summed E-state index contributed by atoms with van der Waals surface area (Å²) in [5.74, 6) is -2.95. The second-order valence-electron chi connectivity index (χ2n) is 7.24. The summed E-state index contributed by atoms with van der Waals surface area (Å²) in [5, 5.41) is 86.9. The predicted molar refractivity (Wildman–Crippen MR) is 111 cm³/mol. The van der Waals surface area contributed by atoms with Crippen LogP contribution in [0.5, 0.6) is 28.7 Å². The summed E-state index contributed by atoms with van der Waals surface area (Å²) >= 11 is 0. The minimum Gasteiger partial charge on any atom is -0.508 e. The van der Waals surface area contributed by atoms with Gasteiger partial charge in [-0.25, -0.2) is 0 Å². The highest BCUT2D eigenvalue weighted by atomic mass is 16.5. The topological polar surface area (TPSA) is 222 Å². The Kier molecular flexibility index (Phi) is 6.95. The summed E-state index contributed by atoms with van der Waals surface area (Å²) in [6, 6.07) is 5.35. The minimum atomic E-state index is -1.97. The summed E-state index contributed by atoms with van der Waals surface area (Å²) < 4.78 is 11.0. The average molecular weight is 466 g/mol. The van der Waals surface area contributed by atoms with Gasteiger partial charge in [0.2, 0.25) is 11.2 Å². The molecule has 0 aliphatic carbocycles. The van der Waals surface area contributed by atoms with E-state index in [-0.39, 0.29) is 22.3 Å². The standard InChI is InChI=1S/C21H22O12/c22-6-13(27)17(29)18(30)14(28)7-32-21-19(31)16-12(26)4-9(23)5-15(16)33-20(21)8-1-2-10(24)11(25)3-8/h1-5,13-14,17-18,22-30H,6-7H2/t13?,14-,17?,18?/m1/s1. The molecule has 3 rings (SSSR count). The first-order valence-corrected chi connectivity index (χ1v) is 9.56. The van der Waals surface area contributed by atoms with E-state index in [0.717, 1.165) is 24.3 Å². The SMILES string of the molecule is O=c1c(OC[C@@H](O)C(O)C(O)C(O)CO)c(-c2ccc(O)c(O)c2)oc2cc(O)cc(O)c12. The number of aromatic hydroxyl groups is 4. The number of phenols is 4. The fraction of sp³-hybridized carbons (Fsp3) is 0.286. The number of phenolic OH excluding ortho intramolecular Hbond substituents is 4. The zero-order valence-corrected chi connectivity index (χ0v) is 16.9. The number of aliphatic hydroxyl groups excluding tert-OH is 5. The van der Waals surface area contributed by atoms with Crippen molar-refractivity contribution < 1.29 is 55.1 Å². The normalized spacial score (nSPS) is 15.2. The quantitative estimate of drug-likeness (QED) is 0.184. The molecule has 12 nitrogen and oxygen atoms in total. The molecule has 0 radical (unpaired) electrons. The van der Waals surface area contributed by atoms with Crippen molar-refractivity contribution in [1.82, 2.24) is 0 Å². The number of ether oxygens (including phenoxy) is 1. The maximum absolute atomic E-state index is 13.1. The van der Waals surface area contributed by atoms with Crippen LogP contribution >= 0.6 is 0 Å². The molecular formula is C21H22O12. The van der Waals surface area contributed by atoms with Crippen LogP contribution in [0.4, 0.5) is 0 Å². The van der Waals surface area contributed by atoms with E-state index >= 15 is 0 Å². The van der Waals surface area contributed by atoms with Crippen LogP contribution < -0.4 is 10.2 Å². The largest absolute Gasteiger partial charge is 0.508 e. The van der Waals surface area contributed by atoms with Crippen LogP contribution in [0, 0.1) is 0 Å². The number of benzene rings is 2. The molecule has 0 bridgehead atoms. The van der Waals surface area contributed by atoms with Gasteiger partial charge in [0, 0.05) is 17.7 Å². The number of rotatable bonds is 8. The Morgan fingerprint density at radius 2 is 1.52 bits per heavy atom. The average Bonchev–Trinajstić information content (AvgIpc) is 2.77. The van der Waals surface area contributed by atoms with Gasteiger partial charge >= 0.3 is 0 Å². The van der Waals surface area contributed by atoms with Crippen LogP contribution in [-0.4, -0.2) is 83.6 Å². The zero-order valence-electron chi connectivity index (χ0n) is 16.9. The van der Waals surface area contributed by atoms with Crippen molar-refractivity contribution in [3.05, 3.63) is 40.6 Å². The second kappa shape index (κ2) is 9.52. The smallest absolute Gasteiger partial charge is 0.239 e. The lowest BCUT2D eigenvalue weighted by molar-refractivity contribution is -0.121. The summed E-state index contributed by atoms with van der Waals surface area (Å²) in [6.45, 7) is -1.69. The molecule has 0 saturated heterocycles. The Hall–Kier alpha value is -3.55. The highest BCUT2D eigenvalue weighted by Gasteiger charge is 2.31. The highest BCUT2D eigenvalue weighted by Crippen LogP contribution is 2.38. The Morgan fingerprint density at radius 3 is 2.15 bits per heavy atom. The van der Waals surface area contributed by atoms with Gasteiger partial charge in [-0.05, 0) is 18.2 Å². The van der Waals surface area contributed by atoms with Gasteiger partial charge < -0.3 is 55.1 Å². The molecule has 1 heterocycles. The molecule has 2 aromatic carbocycles. The van der Waals surface area contributed by atoms with Crippen molar-refractivity contribution in [2.45, 2.75) is 24.4 Å².